The van der Waals surface area contributed by atoms with Crippen LogP contribution in [0.25, 0.3) is 55.3 Å². The molecular weight excluding hydrogens is 777 g/mol. The van der Waals surface area contributed by atoms with E-state index in [-0.39, 0.29) is 5.41 Å². The molecule has 1 aliphatic heterocycles. The van der Waals surface area contributed by atoms with Gasteiger partial charge in [-0.05, 0) is 104 Å². The molecule has 0 unspecified atom stereocenters. The van der Waals surface area contributed by atoms with Gasteiger partial charge in [0.15, 0.2) is 11.5 Å². The van der Waals surface area contributed by atoms with Gasteiger partial charge in [0.05, 0.1) is 17.1 Å². The smallest absolute Gasteiger partial charge is 0.160 e. The summed E-state index contributed by atoms with van der Waals surface area (Å²) < 4.78 is 7.55. The first-order chi connectivity index (χ1) is 31.5. The van der Waals surface area contributed by atoms with Gasteiger partial charge in [0.2, 0.25) is 0 Å². The van der Waals surface area contributed by atoms with Crippen molar-refractivity contribution in [2.24, 2.45) is 0 Å². The van der Waals surface area contributed by atoms with Crippen molar-refractivity contribution < 1.29 is 4.74 Å². The van der Waals surface area contributed by atoms with E-state index >= 15 is 0 Å². The predicted molar refractivity (Wildman–Crippen MR) is 267 cm³/mol. The Kier molecular flexibility index (Phi) is 8.84. The van der Waals surface area contributed by atoms with Crippen LogP contribution in [-0.4, -0.2) is 0 Å². The van der Waals surface area contributed by atoms with Gasteiger partial charge in [0.25, 0.3) is 0 Å². The summed E-state index contributed by atoms with van der Waals surface area (Å²) >= 11 is 0. The van der Waals surface area contributed by atoms with Crippen molar-refractivity contribution in [1.29, 1.82) is 0 Å². The quantitative estimate of drug-likeness (QED) is 0.152. The summed E-state index contributed by atoms with van der Waals surface area (Å²) in [6.07, 6.45) is 0. The van der Waals surface area contributed by atoms with Crippen LogP contribution in [0.1, 0.15) is 25.0 Å². The molecule has 0 atom stereocenters. The van der Waals surface area contributed by atoms with Crippen LogP contribution in [0.5, 0.6) is 11.5 Å². The van der Waals surface area contributed by atoms with Crippen LogP contribution in [-0.2, 0) is 5.41 Å². The zero-order valence-corrected chi connectivity index (χ0v) is 35.7. The Morgan fingerprint density at radius 2 is 0.812 bits per heavy atom. The van der Waals surface area contributed by atoms with Gasteiger partial charge in [-0.15, -0.1) is 0 Å². The molecule has 0 N–H and O–H groups in total. The zero-order chi connectivity index (χ0) is 42.8. The number of anilines is 6. The fourth-order valence-corrected chi connectivity index (χ4v) is 10.2. The molecule has 64 heavy (non-hydrogen) atoms. The molecule has 2 aliphatic rings. The van der Waals surface area contributed by atoms with Crippen LogP contribution in [0.15, 0.2) is 231 Å². The number of hydrogen-bond donors (Lipinski definition) is 0. The summed E-state index contributed by atoms with van der Waals surface area (Å²) in [5.74, 6) is 1.65. The van der Waals surface area contributed by atoms with Crippen LogP contribution in [0.4, 0.5) is 34.1 Å². The average Bonchev–Trinajstić information content (AvgIpc) is 3.60. The number of nitrogens with zero attached hydrogens (tertiary/aromatic N) is 2. The largest absolute Gasteiger partial charge is 0.452 e. The van der Waals surface area contributed by atoms with Crippen LogP contribution in [0.3, 0.4) is 0 Å². The van der Waals surface area contributed by atoms with Crippen LogP contribution >= 0.6 is 0 Å². The van der Waals surface area contributed by atoms with Crippen molar-refractivity contribution in [3.8, 4) is 56.0 Å². The van der Waals surface area contributed by atoms with Crippen LogP contribution < -0.4 is 14.5 Å². The lowest BCUT2D eigenvalue weighted by Crippen LogP contribution is -2.17. The number of benzene rings is 10. The second-order valence-corrected chi connectivity index (χ2v) is 17.3. The number of ether oxygens (including phenoxy) is 1. The van der Waals surface area contributed by atoms with Crippen LogP contribution in [0.2, 0.25) is 0 Å². The van der Waals surface area contributed by atoms with Crippen molar-refractivity contribution in [3.63, 3.8) is 0 Å². The number of hydrogen-bond acceptors (Lipinski definition) is 3. The molecule has 12 rings (SSSR count). The molecule has 10 aromatic rings. The molecule has 3 nitrogen and oxygen atoms in total. The maximum absolute atomic E-state index is 7.55. The summed E-state index contributed by atoms with van der Waals surface area (Å²) in [5.41, 5.74) is 18.2. The molecule has 0 amide bonds. The lowest BCUT2D eigenvalue weighted by molar-refractivity contribution is 0.489. The first kappa shape index (κ1) is 37.6. The summed E-state index contributed by atoms with van der Waals surface area (Å²) in [6, 6.07) is 83.0. The molecule has 304 valence electrons. The molecule has 0 radical (unpaired) electrons. The van der Waals surface area contributed by atoms with Crippen molar-refractivity contribution in [2.75, 3.05) is 9.80 Å². The highest BCUT2D eigenvalue weighted by Crippen LogP contribution is 2.59. The topological polar surface area (TPSA) is 15.7 Å². The minimum Gasteiger partial charge on any atom is -0.452 e. The summed E-state index contributed by atoms with van der Waals surface area (Å²) in [6.45, 7) is 4.70. The molecule has 1 heterocycles. The first-order valence-corrected chi connectivity index (χ1v) is 22.1. The standard InChI is InChI=1S/C61H44N2O/c1-61(2)52-27-13-12-24-51(52)58-53(61)28-16-29-54(58)63(48-38-35-44(36-39-48)43-33-31-42(32-34-43)41-17-6-3-7-18-41)56-40-37-45-19-14-25-49-50-26-15-30-55(59(50)64-60(56)57(45)49)62(46-20-8-4-9-21-46)47-22-10-5-11-23-47/h3-40H,1-2H3. The Morgan fingerprint density at radius 1 is 0.328 bits per heavy atom. The highest BCUT2D eigenvalue weighted by molar-refractivity contribution is 6.10. The van der Waals surface area contributed by atoms with Gasteiger partial charge in [0.1, 0.15) is 0 Å². The lowest BCUT2D eigenvalue weighted by Gasteiger charge is -2.34. The minimum absolute atomic E-state index is 0.170. The van der Waals surface area contributed by atoms with Gasteiger partial charge in [-0.3, -0.25) is 0 Å². The Hall–Kier alpha value is -8.14. The van der Waals surface area contributed by atoms with Crippen molar-refractivity contribution in [2.45, 2.75) is 19.3 Å². The normalized spacial score (nSPS) is 12.8. The third-order valence-corrected chi connectivity index (χ3v) is 13.3. The Morgan fingerprint density at radius 3 is 1.50 bits per heavy atom. The van der Waals surface area contributed by atoms with Crippen molar-refractivity contribution in [1.82, 2.24) is 0 Å². The number of para-hydroxylation sites is 3. The zero-order valence-electron chi connectivity index (χ0n) is 35.7. The van der Waals surface area contributed by atoms with E-state index in [1.54, 1.807) is 0 Å². The highest BCUT2D eigenvalue weighted by atomic mass is 16.5. The van der Waals surface area contributed by atoms with Gasteiger partial charge < -0.3 is 14.5 Å². The van der Waals surface area contributed by atoms with Gasteiger partial charge in [-0.25, -0.2) is 0 Å². The number of rotatable bonds is 8. The predicted octanol–water partition coefficient (Wildman–Crippen LogP) is 17.2. The van der Waals surface area contributed by atoms with E-state index in [2.05, 4.69) is 254 Å². The summed E-state index contributed by atoms with van der Waals surface area (Å²) in [7, 11) is 0. The van der Waals surface area contributed by atoms with E-state index in [0.717, 1.165) is 73.1 Å². The fraction of sp³-hybridized carbons (Fsp3) is 0.0492. The van der Waals surface area contributed by atoms with E-state index in [0.29, 0.717) is 0 Å². The highest BCUT2D eigenvalue weighted by Gasteiger charge is 2.38. The van der Waals surface area contributed by atoms with E-state index in [4.69, 9.17) is 4.74 Å². The molecule has 0 aromatic heterocycles. The first-order valence-electron chi connectivity index (χ1n) is 22.1. The Balaban J connectivity index is 1.06. The molecule has 0 bridgehead atoms. The Bertz CT molecular complexity index is 3320. The van der Waals surface area contributed by atoms with E-state index in [1.165, 1.54) is 38.9 Å². The maximum Gasteiger partial charge on any atom is 0.160 e. The molecule has 1 aliphatic carbocycles. The molecular formula is C61H44N2O. The summed E-state index contributed by atoms with van der Waals surface area (Å²) in [4.78, 5) is 4.74. The number of fused-ring (bicyclic) bond motifs is 5. The second kappa shape index (κ2) is 15.0. The molecule has 3 heteroatoms. The van der Waals surface area contributed by atoms with Crippen molar-refractivity contribution >= 4 is 44.9 Å². The molecule has 0 spiro atoms. The SMILES string of the molecule is CC1(C)c2ccccc2-c2c(N(c3ccc(-c4ccc(-c5ccccc5)cc4)cc3)c3ccc4cccc5c4c3Oc3c-5cccc3N(c3ccccc3)c3ccccc3)cccc21. The average molecular weight is 821 g/mol. The van der Waals surface area contributed by atoms with E-state index in [9.17, 15) is 0 Å². The van der Waals surface area contributed by atoms with Gasteiger partial charge >= 0.3 is 0 Å². The lowest BCUT2D eigenvalue weighted by atomic mass is 9.82. The fourth-order valence-electron chi connectivity index (χ4n) is 10.2. The monoisotopic (exact) mass is 820 g/mol. The third kappa shape index (κ3) is 6.04. The second-order valence-electron chi connectivity index (χ2n) is 17.3. The molecule has 0 saturated heterocycles. The summed E-state index contributed by atoms with van der Waals surface area (Å²) in [5, 5.41) is 2.23. The molecule has 0 saturated carbocycles. The maximum atomic E-state index is 7.55. The molecule has 10 aromatic carbocycles. The van der Waals surface area contributed by atoms with Gasteiger partial charge in [-0.1, -0.05) is 190 Å². The van der Waals surface area contributed by atoms with Crippen molar-refractivity contribution in [3.05, 3.63) is 242 Å². The van der Waals surface area contributed by atoms with E-state index in [1.807, 2.05) is 0 Å². The van der Waals surface area contributed by atoms with Crippen LogP contribution in [0, 0.1) is 0 Å². The Labute approximate surface area is 374 Å². The minimum atomic E-state index is -0.170. The van der Waals surface area contributed by atoms with Gasteiger partial charge in [0, 0.05) is 39.0 Å². The molecule has 0 fully saturated rings. The van der Waals surface area contributed by atoms with E-state index < -0.39 is 0 Å². The third-order valence-electron chi connectivity index (χ3n) is 13.3. The van der Waals surface area contributed by atoms with Gasteiger partial charge in [-0.2, -0.15) is 0 Å².